The van der Waals surface area contributed by atoms with Gasteiger partial charge >= 0.3 is 0 Å². The number of hydrogen-bond donors (Lipinski definition) is 0. The van der Waals surface area contributed by atoms with Crippen LogP contribution >= 0.6 is 0 Å². The van der Waals surface area contributed by atoms with Crippen LogP contribution in [0, 0.1) is 0 Å². The Balaban J connectivity index is 2.97. The summed E-state index contributed by atoms with van der Waals surface area (Å²) in [6, 6.07) is 0. The molecule has 0 aliphatic rings. The fourth-order valence-electron chi connectivity index (χ4n) is 0.247. The van der Waals surface area contributed by atoms with Crippen molar-refractivity contribution in [2.45, 2.75) is 13.2 Å². The molecule has 0 aliphatic heterocycles. The van der Waals surface area contributed by atoms with Crippen LogP contribution in [-0.2, 0) is 0 Å². The second kappa shape index (κ2) is 3.90. The largest absolute Gasteiger partial charge is 0.893 e. The molecule has 0 radical (unpaired) electrons. The van der Waals surface area contributed by atoms with Gasteiger partial charge in [-0.2, -0.15) is 0 Å². The minimum atomic E-state index is -1.68. The van der Waals surface area contributed by atoms with Gasteiger partial charge in [-0.05, 0) is 6.92 Å². The lowest BCUT2D eigenvalue weighted by Gasteiger charge is -2.23. The van der Waals surface area contributed by atoms with Gasteiger partial charge in [0.15, 0.2) is 0 Å². The Morgan fingerprint density at radius 3 is 2.29 bits per heavy atom. The smallest absolute Gasteiger partial charge is 0.0470 e. The van der Waals surface area contributed by atoms with E-state index < -0.39 is 7.12 Å². The van der Waals surface area contributed by atoms with Gasteiger partial charge in [0.05, 0.1) is 0 Å². The van der Waals surface area contributed by atoms with E-state index in [0.29, 0.717) is 0 Å². The number of hydrogen-bond acceptors (Lipinski definition) is 2. The van der Waals surface area contributed by atoms with Crippen molar-refractivity contribution in [1.29, 1.82) is 0 Å². The zero-order valence-electron chi connectivity index (χ0n) is 4.26. The van der Waals surface area contributed by atoms with Gasteiger partial charge in [0, 0.05) is 0 Å². The Morgan fingerprint density at radius 2 is 2.14 bits per heavy atom. The Hall–Kier alpha value is -0.275. The molecule has 0 spiro atoms. The van der Waals surface area contributed by atoms with Crippen molar-refractivity contribution >= 4 is 7.12 Å². The molecular formula is C4H7BO2-2. The lowest BCUT2D eigenvalue weighted by molar-refractivity contribution is -0.347. The summed E-state index contributed by atoms with van der Waals surface area (Å²) < 4.78 is 0. The van der Waals surface area contributed by atoms with Crippen molar-refractivity contribution in [2.24, 2.45) is 0 Å². The standard InChI is InChI=1S/C4H7BO2/c1-2-3-4-5(6)7/h2-3H,4H2,1H3/q-2/b3-2+. The highest BCUT2D eigenvalue weighted by Crippen LogP contribution is 1.78. The zero-order valence-corrected chi connectivity index (χ0v) is 4.26. The Kier molecular flexibility index (Phi) is 3.75. The average Bonchev–Trinajstić information content (AvgIpc) is 1.61. The van der Waals surface area contributed by atoms with Crippen LogP contribution in [-0.4, -0.2) is 7.12 Å². The molecule has 0 aromatic rings. The molecule has 0 aliphatic carbocycles. The van der Waals surface area contributed by atoms with Crippen LogP contribution in [0.1, 0.15) is 6.92 Å². The molecule has 0 amide bonds. The Labute approximate surface area is 43.6 Å². The minimum absolute atomic E-state index is 0.108. The molecule has 0 saturated carbocycles. The van der Waals surface area contributed by atoms with Crippen LogP contribution in [0.15, 0.2) is 12.2 Å². The van der Waals surface area contributed by atoms with Gasteiger partial charge in [-0.15, -0.1) is 7.12 Å². The molecule has 40 valence electrons. The first-order valence-corrected chi connectivity index (χ1v) is 2.20. The molecule has 2 nitrogen and oxygen atoms in total. The molecule has 3 heteroatoms. The lowest BCUT2D eigenvalue weighted by Crippen LogP contribution is -2.43. The van der Waals surface area contributed by atoms with Gasteiger partial charge in [0.1, 0.15) is 0 Å². The van der Waals surface area contributed by atoms with Crippen LogP contribution in [0.4, 0.5) is 0 Å². The van der Waals surface area contributed by atoms with Crippen LogP contribution < -0.4 is 10.0 Å². The third-order valence-corrected chi connectivity index (χ3v) is 0.564. The van der Waals surface area contributed by atoms with Crippen LogP contribution in [0.5, 0.6) is 0 Å². The summed E-state index contributed by atoms with van der Waals surface area (Å²) in [7, 11) is -1.68. The fraction of sp³-hybridized carbons (Fsp3) is 0.500. The normalized spacial score (nSPS) is 10.1. The molecule has 0 atom stereocenters. The van der Waals surface area contributed by atoms with Gasteiger partial charge < -0.3 is 10.0 Å². The molecular weight excluding hydrogens is 90.9 g/mol. The van der Waals surface area contributed by atoms with E-state index in [2.05, 4.69) is 0 Å². The summed E-state index contributed by atoms with van der Waals surface area (Å²) >= 11 is 0. The quantitative estimate of drug-likeness (QED) is 0.320. The van der Waals surface area contributed by atoms with Crippen molar-refractivity contribution in [1.82, 2.24) is 0 Å². The molecule has 7 heavy (non-hydrogen) atoms. The average molecular weight is 97.9 g/mol. The van der Waals surface area contributed by atoms with Gasteiger partial charge in [-0.3, -0.25) is 0 Å². The molecule has 0 fully saturated rings. The third kappa shape index (κ3) is 5.72. The van der Waals surface area contributed by atoms with Gasteiger partial charge in [-0.25, -0.2) is 0 Å². The minimum Gasteiger partial charge on any atom is -0.893 e. The first-order chi connectivity index (χ1) is 3.27. The molecule has 0 aromatic heterocycles. The summed E-state index contributed by atoms with van der Waals surface area (Å²) in [4.78, 5) is 0. The maximum Gasteiger partial charge on any atom is -0.0470 e. The van der Waals surface area contributed by atoms with Crippen molar-refractivity contribution in [3.63, 3.8) is 0 Å². The highest BCUT2D eigenvalue weighted by atomic mass is 16.4. The molecule has 0 heterocycles. The van der Waals surface area contributed by atoms with Crippen molar-refractivity contribution < 1.29 is 10.0 Å². The highest BCUT2D eigenvalue weighted by molar-refractivity contribution is 6.37. The van der Waals surface area contributed by atoms with Crippen LogP contribution in [0.2, 0.25) is 6.32 Å². The summed E-state index contributed by atoms with van der Waals surface area (Å²) in [6.45, 7) is 1.78. The summed E-state index contributed by atoms with van der Waals surface area (Å²) in [5, 5.41) is 19.4. The van der Waals surface area contributed by atoms with Crippen molar-refractivity contribution in [3.8, 4) is 0 Å². The summed E-state index contributed by atoms with van der Waals surface area (Å²) in [5.74, 6) is 0. The maximum atomic E-state index is 9.68. The number of rotatable bonds is 2. The highest BCUT2D eigenvalue weighted by Gasteiger charge is 1.66. The van der Waals surface area contributed by atoms with E-state index >= 15 is 0 Å². The summed E-state index contributed by atoms with van der Waals surface area (Å²) in [6.07, 6.45) is 3.38. The molecule has 0 N–H and O–H groups in total. The lowest BCUT2D eigenvalue weighted by atomic mass is 9.86. The summed E-state index contributed by atoms with van der Waals surface area (Å²) in [5.41, 5.74) is 0. The van der Waals surface area contributed by atoms with E-state index in [-0.39, 0.29) is 6.32 Å². The molecule has 0 unspecified atom stereocenters. The van der Waals surface area contributed by atoms with Crippen LogP contribution in [0.3, 0.4) is 0 Å². The predicted molar refractivity (Wildman–Crippen MR) is 25.4 cm³/mol. The monoisotopic (exact) mass is 98.1 g/mol. The molecule has 0 saturated heterocycles. The Morgan fingerprint density at radius 1 is 1.57 bits per heavy atom. The maximum absolute atomic E-state index is 9.68. The van der Waals surface area contributed by atoms with Crippen molar-refractivity contribution in [3.05, 3.63) is 12.2 Å². The van der Waals surface area contributed by atoms with E-state index in [1.165, 1.54) is 0 Å². The first kappa shape index (κ1) is 6.72. The van der Waals surface area contributed by atoms with Crippen LogP contribution in [0.25, 0.3) is 0 Å². The van der Waals surface area contributed by atoms with Gasteiger partial charge in [0.2, 0.25) is 0 Å². The van der Waals surface area contributed by atoms with E-state index in [9.17, 15) is 10.0 Å². The molecule has 0 aromatic carbocycles. The Bertz CT molecular complexity index is 60.7. The number of allylic oxidation sites excluding steroid dienone is 2. The molecule has 0 rings (SSSR count). The third-order valence-electron chi connectivity index (χ3n) is 0.564. The van der Waals surface area contributed by atoms with E-state index in [4.69, 9.17) is 0 Å². The zero-order chi connectivity index (χ0) is 5.70. The topological polar surface area (TPSA) is 46.1 Å². The second-order valence-electron chi connectivity index (χ2n) is 1.23. The van der Waals surface area contributed by atoms with Gasteiger partial charge in [0.25, 0.3) is 0 Å². The molecule has 0 bridgehead atoms. The SMILES string of the molecule is C/C=C/CB([O-])[O-]. The van der Waals surface area contributed by atoms with E-state index in [0.717, 1.165) is 0 Å². The van der Waals surface area contributed by atoms with E-state index in [1.54, 1.807) is 19.1 Å². The fourth-order valence-corrected chi connectivity index (χ4v) is 0.247. The second-order valence-corrected chi connectivity index (χ2v) is 1.23. The van der Waals surface area contributed by atoms with Gasteiger partial charge in [-0.1, -0.05) is 18.5 Å². The van der Waals surface area contributed by atoms with Crippen molar-refractivity contribution in [2.75, 3.05) is 0 Å². The first-order valence-electron chi connectivity index (χ1n) is 2.20. The predicted octanol–water partition coefficient (Wildman–Crippen LogP) is -1.23. The van der Waals surface area contributed by atoms with E-state index in [1.807, 2.05) is 0 Å².